The molecule has 78 valence electrons. The van der Waals surface area contributed by atoms with Gasteiger partial charge in [0.15, 0.2) is 0 Å². The minimum absolute atomic E-state index is 0.112. The van der Waals surface area contributed by atoms with Crippen molar-refractivity contribution in [1.82, 2.24) is 0 Å². The van der Waals surface area contributed by atoms with Gasteiger partial charge in [0.1, 0.15) is 16.9 Å². The SMILES string of the molecule is Cc1oc2ccc(CO)cc2c1C(=O)O. The summed E-state index contributed by atoms with van der Waals surface area (Å²) in [7, 11) is 0. The lowest BCUT2D eigenvalue weighted by atomic mass is 10.1. The Morgan fingerprint density at radius 1 is 1.47 bits per heavy atom. The van der Waals surface area contributed by atoms with Crippen LogP contribution in [0, 0.1) is 6.92 Å². The number of aromatic carboxylic acids is 1. The first-order chi connectivity index (χ1) is 7.13. The molecule has 0 spiro atoms. The van der Waals surface area contributed by atoms with Crippen LogP contribution in [-0.2, 0) is 6.61 Å². The lowest BCUT2D eigenvalue weighted by molar-refractivity contribution is 0.0697. The maximum Gasteiger partial charge on any atom is 0.339 e. The summed E-state index contributed by atoms with van der Waals surface area (Å²) in [6, 6.07) is 5.01. The average Bonchev–Trinajstić information content (AvgIpc) is 2.52. The summed E-state index contributed by atoms with van der Waals surface area (Å²) in [5.74, 6) is -0.631. The van der Waals surface area contributed by atoms with Gasteiger partial charge in [-0.1, -0.05) is 6.07 Å². The van der Waals surface area contributed by atoms with E-state index in [1.54, 1.807) is 25.1 Å². The van der Waals surface area contributed by atoms with E-state index in [-0.39, 0.29) is 12.2 Å². The average molecular weight is 206 g/mol. The molecule has 1 heterocycles. The molecule has 0 aliphatic rings. The maximum absolute atomic E-state index is 11.0. The second-order valence-electron chi connectivity index (χ2n) is 3.33. The summed E-state index contributed by atoms with van der Waals surface area (Å²) in [6.07, 6.45) is 0. The monoisotopic (exact) mass is 206 g/mol. The van der Waals surface area contributed by atoms with E-state index in [1.165, 1.54) is 0 Å². The van der Waals surface area contributed by atoms with Crippen LogP contribution in [0.4, 0.5) is 0 Å². The number of aliphatic hydroxyl groups is 1. The molecule has 2 rings (SSSR count). The molecule has 1 aromatic heterocycles. The van der Waals surface area contributed by atoms with Crippen molar-refractivity contribution < 1.29 is 19.4 Å². The highest BCUT2D eigenvalue weighted by atomic mass is 16.4. The van der Waals surface area contributed by atoms with Crippen LogP contribution in [0.25, 0.3) is 11.0 Å². The second-order valence-corrected chi connectivity index (χ2v) is 3.33. The first-order valence-corrected chi connectivity index (χ1v) is 4.49. The molecule has 0 unspecified atom stereocenters. The quantitative estimate of drug-likeness (QED) is 0.787. The number of aryl methyl sites for hydroxylation is 1. The van der Waals surface area contributed by atoms with Crippen molar-refractivity contribution in [2.24, 2.45) is 0 Å². The molecule has 4 heteroatoms. The van der Waals surface area contributed by atoms with E-state index < -0.39 is 5.97 Å². The first kappa shape index (κ1) is 9.73. The number of carboxylic acid groups (broad SMARTS) is 1. The molecule has 0 saturated carbocycles. The van der Waals surface area contributed by atoms with Gasteiger partial charge in [-0.2, -0.15) is 0 Å². The Morgan fingerprint density at radius 2 is 2.20 bits per heavy atom. The Kier molecular flexibility index (Phi) is 2.21. The Morgan fingerprint density at radius 3 is 2.80 bits per heavy atom. The Balaban J connectivity index is 2.77. The van der Waals surface area contributed by atoms with Crippen LogP contribution in [-0.4, -0.2) is 16.2 Å². The molecule has 0 fully saturated rings. The number of fused-ring (bicyclic) bond motifs is 1. The number of hydrogen-bond acceptors (Lipinski definition) is 3. The van der Waals surface area contributed by atoms with Crippen molar-refractivity contribution >= 4 is 16.9 Å². The van der Waals surface area contributed by atoms with E-state index in [4.69, 9.17) is 14.6 Å². The number of rotatable bonds is 2. The van der Waals surface area contributed by atoms with Gasteiger partial charge in [0, 0.05) is 5.39 Å². The van der Waals surface area contributed by atoms with Gasteiger partial charge in [-0.15, -0.1) is 0 Å². The third-order valence-corrected chi connectivity index (χ3v) is 2.32. The fraction of sp³-hybridized carbons (Fsp3) is 0.182. The van der Waals surface area contributed by atoms with Gasteiger partial charge in [0.25, 0.3) is 0 Å². The van der Waals surface area contributed by atoms with Crippen molar-refractivity contribution in [2.45, 2.75) is 13.5 Å². The molecule has 2 N–H and O–H groups in total. The van der Waals surface area contributed by atoms with Gasteiger partial charge in [-0.25, -0.2) is 4.79 Å². The van der Waals surface area contributed by atoms with Crippen LogP contribution in [0.1, 0.15) is 21.7 Å². The normalized spacial score (nSPS) is 10.8. The molecule has 0 atom stereocenters. The minimum Gasteiger partial charge on any atom is -0.478 e. The van der Waals surface area contributed by atoms with Crippen LogP contribution in [0.2, 0.25) is 0 Å². The number of carboxylic acids is 1. The van der Waals surface area contributed by atoms with Gasteiger partial charge < -0.3 is 14.6 Å². The van der Waals surface area contributed by atoms with Crippen LogP contribution >= 0.6 is 0 Å². The van der Waals surface area contributed by atoms with Crippen molar-refractivity contribution in [2.75, 3.05) is 0 Å². The molecule has 4 nitrogen and oxygen atoms in total. The van der Waals surface area contributed by atoms with Crippen LogP contribution < -0.4 is 0 Å². The smallest absolute Gasteiger partial charge is 0.339 e. The third-order valence-electron chi connectivity index (χ3n) is 2.32. The molecule has 0 saturated heterocycles. The predicted octanol–water partition coefficient (Wildman–Crippen LogP) is 1.93. The Hall–Kier alpha value is -1.81. The molecule has 0 radical (unpaired) electrons. The summed E-state index contributed by atoms with van der Waals surface area (Å²) in [6.45, 7) is 1.50. The molecule has 0 aliphatic heterocycles. The number of carbonyl (C=O) groups is 1. The van der Waals surface area contributed by atoms with Crippen molar-refractivity contribution in [3.05, 3.63) is 35.1 Å². The van der Waals surface area contributed by atoms with Crippen LogP contribution in [0.3, 0.4) is 0 Å². The fourth-order valence-electron chi connectivity index (χ4n) is 1.63. The van der Waals surface area contributed by atoms with Gasteiger partial charge in [0.2, 0.25) is 0 Å². The van der Waals surface area contributed by atoms with E-state index >= 15 is 0 Å². The van der Waals surface area contributed by atoms with Crippen LogP contribution in [0.15, 0.2) is 22.6 Å². The summed E-state index contributed by atoms with van der Waals surface area (Å²) in [5.41, 5.74) is 1.37. The van der Waals surface area contributed by atoms with Gasteiger partial charge in [-0.05, 0) is 24.6 Å². The molecular formula is C11H10O4. The lowest BCUT2D eigenvalue weighted by Crippen LogP contribution is -1.96. The van der Waals surface area contributed by atoms with Crippen molar-refractivity contribution in [3.63, 3.8) is 0 Å². The summed E-state index contributed by atoms with van der Waals surface area (Å²) >= 11 is 0. The highest BCUT2D eigenvalue weighted by Gasteiger charge is 2.17. The van der Waals surface area contributed by atoms with Gasteiger partial charge in [0.05, 0.1) is 6.61 Å². The zero-order chi connectivity index (χ0) is 11.0. The number of aliphatic hydroxyl groups excluding tert-OH is 1. The van der Waals surface area contributed by atoms with Crippen molar-refractivity contribution in [3.8, 4) is 0 Å². The number of furan rings is 1. The van der Waals surface area contributed by atoms with E-state index in [1.807, 2.05) is 0 Å². The number of hydrogen-bond donors (Lipinski definition) is 2. The summed E-state index contributed by atoms with van der Waals surface area (Å²) < 4.78 is 5.30. The van der Waals surface area contributed by atoms with E-state index in [9.17, 15) is 4.79 Å². The molecular weight excluding hydrogens is 196 g/mol. The topological polar surface area (TPSA) is 70.7 Å². The zero-order valence-electron chi connectivity index (χ0n) is 8.15. The summed E-state index contributed by atoms with van der Waals surface area (Å²) in [5, 5.41) is 18.5. The Labute approximate surface area is 85.8 Å². The molecule has 0 amide bonds. The Bertz CT molecular complexity index is 525. The predicted molar refractivity (Wildman–Crippen MR) is 53.8 cm³/mol. The highest BCUT2D eigenvalue weighted by Crippen LogP contribution is 2.26. The zero-order valence-corrected chi connectivity index (χ0v) is 8.15. The highest BCUT2D eigenvalue weighted by molar-refractivity contribution is 6.03. The maximum atomic E-state index is 11.0. The van der Waals surface area contributed by atoms with Crippen LogP contribution in [0.5, 0.6) is 0 Å². The molecule has 15 heavy (non-hydrogen) atoms. The largest absolute Gasteiger partial charge is 0.478 e. The van der Waals surface area contributed by atoms with E-state index in [2.05, 4.69) is 0 Å². The standard InChI is InChI=1S/C11H10O4/c1-6-10(11(13)14)8-4-7(5-12)2-3-9(8)15-6/h2-4,12H,5H2,1H3,(H,13,14). The second kappa shape index (κ2) is 3.40. The van der Waals surface area contributed by atoms with Gasteiger partial charge in [-0.3, -0.25) is 0 Å². The molecule has 0 aliphatic carbocycles. The van der Waals surface area contributed by atoms with E-state index in [0.717, 1.165) is 0 Å². The molecule has 2 aromatic rings. The number of benzene rings is 1. The lowest BCUT2D eigenvalue weighted by Gasteiger charge is -1.95. The summed E-state index contributed by atoms with van der Waals surface area (Å²) in [4.78, 5) is 11.0. The third kappa shape index (κ3) is 1.49. The minimum atomic E-state index is -1.01. The van der Waals surface area contributed by atoms with E-state index in [0.29, 0.717) is 22.3 Å². The van der Waals surface area contributed by atoms with Gasteiger partial charge >= 0.3 is 5.97 Å². The van der Waals surface area contributed by atoms with Crippen molar-refractivity contribution in [1.29, 1.82) is 0 Å². The molecule has 1 aromatic carbocycles. The first-order valence-electron chi connectivity index (χ1n) is 4.49. The molecule has 0 bridgehead atoms. The fourth-order valence-corrected chi connectivity index (χ4v) is 1.63.